The Morgan fingerprint density at radius 1 is 1.07 bits per heavy atom. The molecule has 3 rings (SSSR count). The largest absolute Gasteiger partial charge is 0.366 e. The van der Waals surface area contributed by atoms with Gasteiger partial charge in [0.25, 0.3) is 5.69 Å². The molecule has 0 radical (unpaired) electrons. The summed E-state index contributed by atoms with van der Waals surface area (Å²) in [7, 11) is 0. The fraction of sp³-hybridized carbons (Fsp3) is 0.238. The Kier molecular flexibility index (Phi) is 6.16. The molecule has 0 aliphatic heterocycles. The van der Waals surface area contributed by atoms with E-state index in [-0.39, 0.29) is 11.7 Å². The summed E-state index contributed by atoms with van der Waals surface area (Å²) in [4.78, 5) is 19.8. The van der Waals surface area contributed by atoms with Crippen molar-refractivity contribution in [2.45, 2.75) is 32.9 Å². The van der Waals surface area contributed by atoms with Crippen molar-refractivity contribution in [1.29, 1.82) is 0 Å². The monoisotopic (exact) mass is 377 g/mol. The molecule has 144 valence electrons. The zero-order chi connectivity index (χ0) is 19.9. The first-order valence-corrected chi connectivity index (χ1v) is 9.23. The van der Waals surface area contributed by atoms with E-state index >= 15 is 0 Å². The Labute approximate surface area is 164 Å². The third kappa shape index (κ3) is 5.03. The highest BCUT2D eigenvalue weighted by Gasteiger charge is 2.10. The highest BCUT2D eigenvalue weighted by molar-refractivity contribution is 5.64. The van der Waals surface area contributed by atoms with E-state index in [9.17, 15) is 10.1 Å². The van der Waals surface area contributed by atoms with E-state index in [0.29, 0.717) is 18.3 Å². The summed E-state index contributed by atoms with van der Waals surface area (Å²) in [5.41, 5.74) is 2.69. The van der Waals surface area contributed by atoms with Gasteiger partial charge in [0, 0.05) is 36.3 Å². The molecule has 0 fully saturated rings. The lowest BCUT2D eigenvalue weighted by atomic mass is 10.1. The van der Waals surface area contributed by atoms with E-state index in [1.54, 1.807) is 12.1 Å². The molecule has 0 bridgehead atoms. The van der Waals surface area contributed by atoms with Crippen LogP contribution in [0.1, 0.15) is 25.8 Å². The average molecular weight is 377 g/mol. The summed E-state index contributed by atoms with van der Waals surface area (Å²) in [6, 6.07) is 18.6. The van der Waals surface area contributed by atoms with Crippen LogP contribution < -0.4 is 10.6 Å². The Balaban J connectivity index is 1.85. The lowest BCUT2D eigenvalue weighted by molar-refractivity contribution is -0.384. The lowest BCUT2D eigenvalue weighted by Crippen LogP contribution is -2.16. The summed E-state index contributed by atoms with van der Waals surface area (Å²) in [5, 5.41) is 17.5. The van der Waals surface area contributed by atoms with Gasteiger partial charge in [-0.15, -0.1) is 0 Å². The van der Waals surface area contributed by atoms with Crippen LogP contribution in [0.3, 0.4) is 0 Å². The number of rotatable bonds is 8. The quantitative estimate of drug-likeness (QED) is 0.429. The Morgan fingerprint density at radius 3 is 2.57 bits per heavy atom. The van der Waals surface area contributed by atoms with Gasteiger partial charge in [0.2, 0.25) is 5.95 Å². The van der Waals surface area contributed by atoms with Crippen molar-refractivity contribution in [3.63, 3.8) is 0 Å². The molecule has 0 aliphatic carbocycles. The topological polar surface area (TPSA) is 93.0 Å². The van der Waals surface area contributed by atoms with E-state index in [0.717, 1.165) is 23.2 Å². The molecule has 0 amide bonds. The zero-order valence-corrected chi connectivity index (χ0v) is 15.9. The Morgan fingerprint density at radius 2 is 1.86 bits per heavy atom. The Bertz CT molecular complexity index is 947. The van der Waals surface area contributed by atoms with Gasteiger partial charge in [-0.05, 0) is 18.9 Å². The standard InChI is InChI=1S/C21H23N5O2/c1-3-15(2)23-21-24-19(17-9-5-4-6-10-17)13-20(25-21)22-14-16-8-7-11-18(12-16)26(27)28/h4-13,15H,3,14H2,1-2H3,(H2,22,23,24,25)/t15-/m0/s1. The highest BCUT2D eigenvalue weighted by Crippen LogP contribution is 2.22. The van der Waals surface area contributed by atoms with Crippen LogP contribution in [0.25, 0.3) is 11.3 Å². The van der Waals surface area contributed by atoms with Crippen LogP contribution in [0.5, 0.6) is 0 Å². The van der Waals surface area contributed by atoms with Gasteiger partial charge < -0.3 is 10.6 Å². The number of anilines is 2. The van der Waals surface area contributed by atoms with Gasteiger partial charge in [0.05, 0.1) is 10.6 Å². The van der Waals surface area contributed by atoms with Crippen LogP contribution in [-0.4, -0.2) is 20.9 Å². The third-order valence-electron chi connectivity index (χ3n) is 4.38. The molecule has 3 aromatic rings. The minimum atomic E-state index is -0.393. The fourth-order valence-corrected chi connectivity index (χ4v) is 2.65. The molecule has 0 aliphatic rings. The van der Waals surface area contributed by atoms with E-state index in [4.69, 9.17) is 0 Å². The molecule has 7 nitrogen and oxygen atoms in total. The van der Waals surface area contributed by atoms with E-state index in [1.165, 1.54) is 6.07 Å². The summed E-state index contributed by atoms with van der Waals surface area (Å²) in [6.45, 7) is 4.60. The van der Waals surface area contributed by atoms with E-state index < -0.39 is 4.92 Å². The Hall–Kier alpha value is -3.48. The predicted molar refractivity (Wildman–Crippen MR) is 111 cm³/mol. The smallest absolute Gasteiger partial charge is 0.269 e. The molecule has 0 spiro atoms. The van der Waals surface area contributed by atoms with Crippen molar-refractivity contribution < 1.29 is 4.92 Å². The highest BCUT2D eigenvalue weighted by atomic mass is 16.6. The van der Waals surface area contributed by atoms with Crippen LogP contribution in [0.2, 0.25) is 0 Å². The second kappa shape index (κ2) is 8.94. The number of nitrogens with zero attached hydrogens (tertiary/aromatic N) is 3. The number of benzene rings is 2. The predicted octanol–water partition coefficient (Wildman–Crippen LogP) is 4.87. The van der Waals surface area contributed by atoms with Crippen molar-refractivity contribution >= 4 is 17.5 Å². The van der Waals surface area contributed by atoms with Gasteiger partial charge in [-0.3, -0.25) is 10.1 Å². The fourth-order valence-electron chi connectivity index (χ4n) is 2.65. The van der Waals surface area contributed by atoms with Crippen molar-refractivity contribution in [3.05, 3.63) is 76.3 Å². The summed E-state index contributed by atoms with van der Waals surface area (Å²) >= 11 is 0. The maximum Gasteiger partial charge on any atom is 0.269 e. The minimum absolute atomic E-state index is 0.0751. The first kappa shape index (κ1) is 19.3. The first-order valence-electron chi connectivity index (χ1n) is 9.23. The van der Waals surface area contributed by atoms with Crippen LogP contribution in [0, 0.1) is 10.1 Å². The number of hydrogen-bond donors (Lipinski definition) is 2. The average Bonchev–Trinajstić information content (AvgIpc) is 2.73. The zero-order valence-electron chi connectivity index (χ0n) is 15.9. The van der Waals surface area contributed by atoms with Crippen LogP contribution in [-0.2, 0) is 6.54 Å². The molecule has 2 N–H and O–H groups in total. The second-order valence-corrected chi connectivity index (χ2v) is 6.56. The van der Waals surface area contributed by atoms with Crippen LogP contribution in [0.4, 0.5) is 17.5 Å². The molecule has 2 aromatic carbocycles. The summed E-state index contributed by atoms with van der Waals surface area (Å²) in [5.74, 6) is 1.21. The number of non-ortho nitro benzene ring substituents is 1. The van der Waals surface area contributed by atoms with Gasteiger partial charge in [-0.2, -0.15) is 4.98 Å². The lowest BCUT2D eigenvalue weighted by Gasteiger charge is -2.14. The molecule has 0 saturated carbocycles. The number of aromatic nitrogens is 2. The van der Waals surface area contributed by atoms with Gasteiger partial charge >= 0.3 is 0 Å². The second-order valence-electron chi connectivity index (χ2n) is 6.56. The molecule has 28 heavy (non-hydrogen) atoms. The van der Waals surface area contributed by atoms with Gasteiger partial charge in [0.1, 0.15) is 5.82 Å². The van der Waals surface area contributed by atoms with E-state index in [2.05, 4.69) is 34.4 Å². The first-order chi connectivity index (χ1) is 13.5. The van der Waals surface area contributed by atoms with Gasteiger partial charge in [-0.1, -0.05) is 49.4 Å². The van der Waals surface area contributed by atoms with Crippen molar-refractivity contribution in [1.82, 2.24) is 9.97 Å². The van der Waals surface area contributed by atoms with Crippen molar-refractivity contribution in [3.8, 4) is 11.3 Å². The molecule has 7 heteroatoms. The summed E-state index contributed by atoms with van der Waals surface area (Å²) < 4.78 is 0. The molecule has 0 saturated heterocycles. The van der Waals surface area contributed by atoms with Gasteiger partial charge in [0.15, 0.2) is 0 Å². The van der Waals surface area contributed by atoms with Crippen molar-refractivity contribution in [2.24, 2.45) is 0 Å². The number of nitro groups is 1. The molecule has 1 heterocycles. The normalized spacial score (nSPS) is 11.6. The molecule has 1 atom stereocenters. The molecule has 1 aromatic heterocycles. The van der Waals surface area contributed by atoms with Crippen molar-refractivity contribution in [2.75, 3.05) is 10.6 Å². The maximum atomic E-state index is 11.0. The molecular weight excluding hydrogens is 354 g/mol. The molecule has 0 unspecified atom stereocenters. The summed E-state index contributed by atoms with van der Waals surface area (Å²) in [6.07, 6.45) is 0.954. The van der Waals surface area contributed by atoms with Crippen LogP contribution in [0.15, 0.2) is 60.7 Å². The molecular formula is C21H23N5O2. The van der Waals surface area contributed by atoms with Gasteiger partial charge in [-0.25, -0.2) is 4.98 Å². The van der Waals surface area contributed by atoms with E-state index in [1.807, 2.05) is 42.5 Å². The number of nitrogens with one attached hydrogen (secondary N) is 2. The minimum Gasteiger partial charge on any atom is -0.366 e. The van der Waals surface area contributed by atoms with Crippen LogP contribution >= 0.6 is 0 Å². The number of hydrogen-bond acceptors (Lipinski definition) is 6. The third-order valence-corrected chi connectivity index (χ3v) is 4.38. The SMILES string of the molecule is CC[C@H](C)Nc1nc(NCc2cccc([N+](=O)[O-])c2)cc(-c2ccccc2)n1. The maximum absolute atomic E-state index is 11.0. The number of nitro benzene ring substituents is 1.